The molecule has 0 spiro atoms. The van der Waals surface area contributed by atoms with Crippen LogP contribution in [0.2, 0.25) is 5.15 Å². The molecular weight excluding hydrogens is 417 g/mol. The molecule has 1 atom stereocenters. The second kappa shape index (κ2) is 7.42. The van der Waals surface area contributed by atoms with Gasteiger partial charge in [-0.2, -0.15) is 15.0 Å². The maximum Gasteiger partial charge on any atom is 0.410 e. The van der Waals surface area contributed by atoms with Crippen molar-refractivity contribution in [1.29, 1.82) is 0 Å². The van der Waals surface area contributed by atoms with Crippen molar-refractivity contribution in [2.24, 2.45) is 0 Å². The number of nitrogens with zero attached hydrogens (tertiary/aromatic N) is 5. The van der Waals surface area contributed by atoms with Crippen LogP contribution in [-0.4, -0.2) is 63.8 Å². The van der Waals surface area contributed by atoms with Crippen LogP contribution in [0.1, 0.15) is 20.8 Å². The van der Waals surface area contributed by atoms with Gasteiger partial charge in [0, 0.05) is 19.6 Å². The number of fused-ring (bicyclic) bond motifs is 2. The number of rotatable bonds is 2. The monoisotopic (exact) mass is 437 g/mol. The predicted molar refractivity (Wildman–Crippen MR) is 108 cm³/mol. The van der Waals surface area contributed by atoms with E-state index in [4.69, 9.17) is 25.8 Å². The summed E-state index contributed by atoms with van der Waals surface area (Å²) >= 11 is 5.94. The van der Waals surface area contributed by atoms with Crippen LogP contribution in [0.4, 0.5) is 15.0 Å². The Morgan fingerprint density at radius 2 is 2.10 bits per heavy atom. The van der Waals surface area contributed by atoms with E-state index in [1.54, 1.807) is 4.90 Å². The Morgan fingerprint density at radius 1 is 1.33 bits per heavy atom. The van der Waals surface area contributed by atoms with Crippen molar-refractivity contribution in [3.63, 3.8) is 0 Å². The van der Waals surface area contributed by atoms with Crippen LogP contribution >= 0.6 is 11.6 Å². The molecule has 0 saturated carbocycles. The summed E-state index contributed by atoms with van der Waals surface area (Å²) in [6.45, 7) is 10.3. The Balaban J connectivity index is 1.74. The third-order valence-electron chi connectivity index (χ3n) is 4.68. The van der Waals surface area contributed by atoms with E-state index >= 15 is 0 Å². The van der Waals surface area contributed by atoms with E-state index < -0.39 is 17.5 Å². The Labute approximate surface area is 177 Å². The molecule has 0 aromatic carbocycles. The van der Waals surface area contributed by atoms with Crippen molar-refractivity contribution in [1.82, 2.24) is 19.9 Å². The van der Waals surface area contributed by atoms with Crippen molar-refractivity contribution in [2.75, 3.05) is 31.1 Å². The van der Waals surface area contributed by atoms with Gasteiger partial charge in [-0.15, -0.1) is 0 Å². The van der Waals surface area contributed by atoms with Gasteiger partial charge in [0.2, 0.25) is 5.88 Å². The van der Waals surface area contributed by atoms with Crippen LogP contribution in [-0.2, 0) is 4.74 Å². The van der Waals surface area contributed by atoms with E-state index in [0.29, 0.717) is 30.8 Å². The molecule has 0 bridgehead atoms. The molecule has 1 fully saturated rings. The normalized spacial score (nSPS) is 18.4. The third-order valence-corrected chi connectivity index (χ3v) is 4.93. The number of anilines is 1. The summed E-state index contributed by atoms with van der Waals surface area (Å²) in [5.74, 6) is -0.251. The number of halogens is 2. The Bertz CT molecular complexity index is 1030. The molecule has 1 amide bonds. The minimum Gasteiger partial charge on any atom is -0.475 e. The first-order valence-corrected chi connectivity index (χ1v) is 9.77. The molecular formula is C19H21ClFN5O4. The van der Waals surface area contributed by atoms with Crippen LogP contribution in [0.5, 0.6) is 11.9 Å². The first kappa shape index (κ1) is 20.4. The van der Waals surface area contributed by atoms with Gasteiger partial charge >= 0.3 is 12.1 Å². The lowest BCUT2D eigenvalue weighted by atomic mass is 10.1. The zero-order valence-electron chi connectivity index (χ0n) is 16.8. The van der Waals surface area contributed by atoms with Crippen LogP contribution < -0.4 is 14.4 Å². The van der Waals surface area contributed by atoms with Crippen molar-refractivity contribution in [3.05, 3.63) is 23.8 Å². The van der Waals surface area contributed by atoms with E-state index in [1.807, 2.05) is 25.7 Å². The second-order valence-electron chi connectivity index (χ2n) is 7.94. The highest BCUT2D eigenvalue weighted by atomic mass is 35.5. The summed E-state index contributed by atoms with van der Waals surface area (Å²) in [5, 5.41) is -0.0523. The highest BCUT2D eigenvalue weighted by Gasteiger charge is 2.37. The number of hydrogen-bond acceptors (Lipinski definition) is 8. The molecule has 0 aliphatic carbocycles. The number of pyridine rings is 1. The molecule has 0 N–H and O–H groups in total. The largest absolute Gasteiger partial charge is 0.475 e. The minimum atomic E-state index is -0.789. The summed E-state index contributed by atoms with van der Waals surface area (Å²) in [7, 11) is 0. The Hall–Kier alpha value is -2.88. The fourth-order valence-electron chi connectivity index (χ4n) is 3.46. The number of ether oxygens (including phenoxy) is 3. The second-order valence-corrected chi connectivity index (χ2v) is 8.30. The van der Waals surface area contributed by atoms with Crippen molar-refractivity contribution in [2.45, 2.75) is 32.4 Å². The smallest absolute Gasteiger partial charge is 0.410 e. The molecule has 4 heterocycles. The number of carbonyl (C=O) groups is 1. The van der Waals surface area contributed by atoms with Gasteiger partial charge in [0.05, 0.1) is 12.3 Å². The molecule has 30 heavy (non-hydrogen) atoms. The number of piperazine rings is 1. The molecule has 0 radical (unpaired) electrons. The molecule has 2 aliphatic heterocycles. The van der Waals surface area contributed by atoms with Gasteiger partial charge in [0.15, 0.2) is 11.0 Å². The average Bonchev–Trinajstić information content (AvgIpc) is 2.82. The first-order valence-electron chi connectivity index (χ1n) is 9.39. The zero-order valence-corrected chi connectivity index (χ0v) is 17.6. The van der Waals surface area contributed by atoms with Gasteiger partial charge in [0.1, 0.15) is 28.9 Å². The molecule has 9 nitrogen and oxygen atoms in total. The van der Waals surface area contributed by atoms with Crippen LogP contribution in [0.25, 0.3) is 10.9 Å². The maximum absolute atomic E-state index is 14.7. The van der Waals surface area contributed by atoms with Crippen molar-refractivity contribution < 1.29 is 23.4 Å². The third kappa shape index (κ3) is 3.67. The summed E-state index contributed by atoms with van der Waals surface area (Å²) in [5.41, 5.74) is -0.652. The predicted octanol–water partition coefficient (Wildman–Crippen LogP) is 3.16. The molecule has 2 aromatic rings. The van der Waals surface area contributed by atoms with Crippen molar-refractivity contribution >= 4 is 34.4 Å². The molecule has 4 rings (SSSR count). The van der Waals surface area contributed by atoms with Gasteiger partial charge in [-0.3, -0.25) is 0 Å². The number of carbonyl (C=O) groups excluding carboxylic acids is 1. The molecule has 2 aromatic heterocycles. The SMILES string of the molecule is C=COc1nc2c3c(nc(Cl)c(F)c3n1)OC[C@@H]1CN(C(=O)OC(C)(C)C)CCN21. The molecule has 0 unspecified atom stereocenters. The van der Waals surface area contributed by atoms with Gasteiger partial charge < -0.3 is 24.0 Å². The van der Waals surface area contributed by atoms with E-state index in [-0.39, 0.29) is 35.2 Å². The van der Waals surface area contributed by atoms with Crippen LogP contribution in [0, 0.1) is 5.82 Å². The quantitative estimate of drug-likeness (QED) is 0.522. The number of amides is 1. The minimum absolute atomic E-state index is 0.0536. The van der Waals surface area contributed by atoms with Gasteiger partial charge in [-0.1, -0.05) is 18.2 Å². The van der Waals surface area contributed by atoms with E-state index in [2.05, 4.69) is 21.5 Å². The Kier molecular flexibility index (Phi) is 5.05. The average molecular weight is 438 g/mol. The number of aromatic nitrogens is 3. The van der Waals surface area contributed by atoms with Gasteiger partial charge in [-0.05, 0) is 20.8 Å². The Morgan fingerprint density at radius 3 is 2.80 bits per heavy atom. The molecule has 1 saturated heterocycles. The summed E-state index contributed by atoms with van der Waals surface area (Å²) in [6, 6.07) is -0.341. The number of hydrogen-bond donors (Lipinski definition) is 0. The summed E-state index contributed by atoms with van der Waals surface area (Å²) in [4.78, 5) is 28.6. The molecule has 2 aliphatic rings. The van der Waals surface area contributed by atoms with E-state index in [1.165, 1.54) is 0 Å². The topological polar surface area (TPSA) is 89.9 Å². The lowest BCUT2D eigenvalue weighted by molar-refractivity contribution is 0.0201. The zero-order chi connectivity index (χ0) is 21.6. The lowest BCUT2D eigenvalue weighted by Gasteiger charge is -2.41. The first-order chi connectivity index (χ1) is 14.2. The lowest BCUT2D eigenvalue weighted by Crippen LogP contribution is -2.57. The van der Waals surface area contributed by atoms with E-state index in [0.717, 1.165) is 6.26 Å². The fraction of sp³-hybridized carbons (Fsp3) is 0.474. The van der Waals surface area contributed by atoms with Crippen LogP contribution in [0.15, 0.2) is 12.8 Å². The summed E-state index contributed by atoms with van der Waals surface area (Å²) in [6.07, 6.45) is 0.750. The van der Waals surface area contributed by atoms with E-state index in [9.17, 15) is 9.18 Å². The van der Waals surface area contributed by atoms with Gasteiger partial charge in [-0.25, -0.2) is 9.18 Å². The summed E-state index contributed by atoms with van der Waals surface area (Å²) < 4.78 is 31.2. The van der Waals surface area contributed by atoms with Crippen LogP contribution in [0.3, 0.4) is 0 Å². The molecule has 160 valence electrons. The highest BCUT2D eigenvalue weighted by molar-refractivity contribution is 6.30. The standard InChI is InChI=1S/C19H21ClFN5O4/c1-5-28-17-22-13-11-15(24-17)26-7-6-25(18(27)30-19(2,3)4)8-10(26)9-29-16(11)23-14(20)12(13)21/h5,10H,1,6-9H2,2-4H3/t10-/m0/s1. The maximum atomic E-state index is 14.7. The van der Waals surface area contributed by atoms with Gasteiger partial charge in [0.25, 0.3) is 0 Å². The highest BCUT2D eigenvalue weighted by Crippen LogP contribution is 2.39. The fourth-order valence-corrected chi connectivity index (χ4v) is 3.63. The molecule has 11 heteroatoms. The van der Waals surface area contributed by atoms with Crippen molar-refractivity contribution in [3.8, 4) is 11.9 Å².